The Labute approximate surface area is 182 Å². The van der Waals surface area contributed by atoms with E-state index in [9.17, 15) is 5.11 Å². The van der Waals surface area contributed by atoms with Gasteiger partial charge in [-0.25, -0.2) is 0 Å². The number of benzene rings is 2. The summed E-state index contributed by atoms with van der Waals surface area (Å²) in [7, 11) is 4.66. The lowest BCUT2D eigenvalue weighted by Gasteiger charge is -2.46. The van der Waals surface area contributed by atoms with Crippen LogP contribution in [0.5, 0.6) is 0 Å². The minimum absolute atomic E-state index is 0.194. The van der Waals surface area contributed by atoms with Crippen LogP contribution in [0.3, 0.4) is 0 Å². The van der Waals surface area contributed by atoms with Gasteiger partial charge in [-0.15, -0.1) is 0 Å². The van der Waals surface area contributed by atoms with Crippen LogP contribution >= 0.6 is 0 Å². The molecule has 0 bridgehead atoms. The number of likely N-dealkylation sites (N-methyl/N-ethyl adjacent to an activating group) is 1. The average molecular weight is 408 g/mol. The summed E-state index contributed by atoms with van der Waals surface area (Å²) in [6, 6.07) is 21.4. The molecule has 1 saturated heterocycles. The molecule has 4 rings (SSSR count). The molecule has 1 aliphatic carbocycles. The Balaban J connectivity index is 1.66. The van der Waals surface area contributed by atoms with Crippen molar-refractivity contribution in [2.45, 2.75) is 37.7 Å². The quantitative estimate of drug-likeness (QED) is 0.691. The van der Waals surface area contributed by atoms with Crippen LogP contribution < -0.4 is 0 Å². The first-order valence-corrected chi connectivity index (χ1v) is 11.8. The predicted octanol–water partition coefficient (Wildman–Crippen LogP) is 4.32. The Kier molecular flexibility index (Phi) is 6.62. The second-order valence-corrected chi connectivity index (χ2v) is 10.2. The van der Waals surface area contributed by atoms with E-state index >= 15 is 0 Å². The number of rotatable bonds is 7. The van der Waals surface area contributed by atoms with Gasteiger partial charge in [0.05, 0.1) is 32.8 Å². The van der Waals surface area contributed by atoms with E-state index in [-0.39, 0.29) is 5.92 Å². The number of piperazine rings is 1. The highest BCUT2D eigenvalue weighted by Crippen LogP contribution is 2.46. The van der Waals surface area contributed by atoms with Crippen LogP contribution in [0.1, 0.15) is 36.8 Å². The molecule has 0 spiro atoms. The molecule has 0 aromatic heterocycles. The van der Waals surface area contributed by atoms with Crippen LogP contribution in [-0.2, 0) is 12.0 Å². The van der Waals surface area contributed by atoms with Crippen LogP contribution in [0.15, 0.2) is 60.7 Å². The number of hydrogen-bond donors (Lipinski definition) is 1. The third-order valence-electron chi connectivity index (χ3n) is 7.68. The topological polar surface area (TPSA) is 23.5 Å². The van der Waals surface area contributed by atoms with E-state index < -0.39 is 5.60 Å². The minimum Gasteiger partial charge on any atom is -0.385 e. The van der Waals surface area contributed by atoms with Gasteiger partial charge in [0.2, 0.25) is 0 Å². The molecule has 2 atom stereocenters. The molecular weight excluding hydrogens is 368 g/mol. The van der Waals surface area contributed by atoms with Crippen molar-refractivity contribution in [3.05, 3.63) is 71.8 Å². The van der Waals surface area contributed by atoms with E-state index in [2.05, 4.69) is 79.7 Å². The summed E-state index contributed by atoms with van der Waals surface area (Å²) in [5.74, 6) is 0.546. The van der Waals surface area contributed by atoms with Crippen LogP contribution in [0.2, 0.25) is 0 Å². The Bertz CT molecular complexity index is 775. The first-order valence-electron chi connectivity index (χ1n) is 11.8. The summed E-state index contributed by atoms with van der Waals surface area (Å²) in [6.07, 6.45) is 5.69. The summed E-state index contributed by atoms with van der Waals surface area (Å²) in [4.78, 5) is 2.61. The molecule has 30 heavy (non-hydrogen) atoms. The van der Waals surface area contributed by atoms with Crippen LogP contribution in [0.25, 0.3) is 0 Å². The van der Waals surface area contributed by atoms with Gasteiger partial charge >= 0.3 is 0 Å². The molecule has 3 heteroatoms. The molecular formula is C27H39N2O+. The number of quaternary nitrogens is 1. The van der Waals surface area contributed by atoms with Gasteiger partial charge in [-0.2, -0.15) is 0 Å². The smallest absolute Gasteiger partial charge is 0.0967 e. The van der Waals surface area contributed by atoms with E-state index in [4.69, 9.17) is 0 Å². The van der Waals surface area contributed by atoms with Crippen LogP contribution in [-0.4, -0.2) is 61.3 Å². The van der Waals surface area contributed by atoms with Crippen molar-refractivity contribution in [1.82, 2.24) is 4.90 Å². The third kappa shape index (κ3) is 4.80. The van der Waals surface area contributed by atoms with Gasteiger partial charge in [0, 0.05) is 25.6 Å². The van der Waals surface area contributed by atoms with Crippen molar-refractivity contribution in [2.24, 2.45) is 11.8 Å². The Morgan fingerprint density at radius 2 is 1.50 bits per heavy atom. The van der Waals surface area contributed by atoms with Gasteiger partial charge < -0.3 is 9.59 Å². The maximum atomic E-state index is 12.5. The monoisotopic (exact) mass is 407 g/mol. The van der Waals surface area contributed by atoms with E-state index in [0.717, 1.165) is 48.9 Å². The van der Waals surface area contributed by atoms with E-state index in [1.807, 2.05) is 0 Å². The Morgan fingerprint density at radius 3 is 2.10 bits per heavy atom. The zero-order chi connectivity index (χ0) is 21.0. The molecule has 1 aliphatic heterocycles. The zero-order valence-corrected chi connectivity index (χ0v) is 18.8. The Hall–Kier alpha value is -1.68. The van der Waals surface area contributed by atoms with Gasteiger partial charge in [-0.3, -0.25) is 4.90 Å². The molecule has 162 valence electrons. The highest BCUT2D eigenvalue weighted by atomic mass is 16.3. The second-order valence-electron chi connectivity index (χ2n) is 10.2. The van der Waals surface area contributed by atoms with Gasteiger partial charge in [-0.05, 0) is 36.3 Å². The maximum Gasteiger partial charge on any atom is 0.0967 e. The number of nitrogens with zero attached hydrogens (tertiary/aromatic N) is 2. The lowest BCUT2D eigenvalue weighted by atomic mass is 9.69. The van der Waals surface area contributed by atoms with E-state index in [1.165, 1.54) is 31.5 Å². The third-order valence-corrected chi connectivity index (χ3v) is 7.68. The molecule has 1 saturated carbocycles. The summed E-state index contributed by atoms with van der Waals surface area (Å²) in [5, 5.41) is 12.5. The second kappa shape index (κ2) is 9.21. The molecule has 2 unspecified atom stereocenters. The predicted molar refractivity (Wildman–Crippen MR) is 124 cm³/mol. The van der Waals surface area contributed by atoms with E-state index in [1.54, 1.807) is 0 Å². The SMILES string of the molecule is C[N+]1(C)CCN(CC(Cc2ccccc2)C(O)(c2ccccc2)C2CCCC2)CC1. The van der Waals surface area contributed by atoms with Crippen molar-refractivity contribution >= 4 is 0 Å². The fourth-order valence-electron chi connectivity index (χ4n) is 5.68. The van der Waals surface area contributed by atoms with Gasteiger partial charge in [0.1, 0.15) is 0 Å². The van der Waals surface area contributed by atoms with E-state index in [0.29, 0.717) is 5.92 Å². The number of aliphatic hydroxyl groups is 1. The maximum absolute atomic E-state index is 12.5. The van der Waals surface area contributed by atoms with Gasteiger partial charge in [-0.1, -0.05) is 73.5 Å². The standard InChI is InChI=1S/C27H39N2O/c1-29(2)19-17-28(18-20-29)22-26(21-23-11-5-3-6-12-23)27(30,25-15-9-10-16-25)24-13-7-4-8-14-24/h3-8,11-14,25-26,30H,9-10,15-22H2,1-2H3/q+1. The molecule has 3 nitrogen and oxygen atoms in total. The normalized spacial score (nSPS) is 23.2. The highest BCUT2D eigenvalue weighted by Gasteiger charge is 2.46. The summed E-state index contributed by atoms with van der Waals surface area (Å²) in [5.41, 5.74) is 1.68. The zero-order valence-electron chi connectivity index (χ0n) is 18.8. The summed E-state index contributed by atoms with van der Waals surface area (Å²) >= 11 is 0. The fraction of sp³-hybridized carbons (Fsp3) is 0.556. The van der Waals surface area contributed by atoms with Crippen molar-refractivity contribution in [1.29, 1.82) is 0 Å². The van der Waals surface area contributed by atoms with Crippen molar-refractivity contribution in [3.63, 3.8) is 0 Å². The molecule has 2 aromatic carbocycles. The van der Waals surface area contributed by atoms with Crippen LogP contribution in [0, 0.1) is 11.8 Å². The first kappa shape index (κ1) is 21.5. The lowest BCUT2D eigenvalue weighted by molar-refractivity contribution is -0.894. The minimum atomic E-state index is -0.768. The molecule has 2 aliphatic rings. The molecule has 2 aromatic rings. The lowest BCUT2D eigenvalue weighted by Crippen LogP contribution is -2.57. The molecule has 2 fully saturated rings. The molecule has 0 radical (unpaired) electrons. The summed E-state index contributed by atoms with van der Waals surface area (Å²) in [6.45, 7) is 5.58. The fourth-order valence-corrected chi connectivity index (χ4v) is 5.68. The molecule has 0 amide bonds. The first-order chi connectivity index (χ1) is 14.5. The van der Waals surface area contributed by atoms with Gasteiger partial charge in [0.25, 0.3) is 0 Å². The number of hydrogen-bond acceptors (Lipinski definition) is 2. The van der Waals surface area contributed by atoms with Crippen molar-refractivity contribution in [3.8, 4) is 0 Å². The summed E-state index contributed by atoms with van der Waals surface area (Å²) < 4.78 is 1.10. The molecule has 1 N–H and O–H groups in total. The average Bonchev–Trinajstić information content (AvgIpc) is 3.31. The Morgan fingerprint density at radius 1 is 0.933 bits per heavy atom. The highest BCUT2D eigenvalue weighted by molar-refractivity contribution is 5.27. The largest absolute Gasteiger partial charge is 0.385 e. The molecule has 1 heterocycles. The van der Waals surface area contributed by atoms with Crippen molar-refractivity contribution in [2.75, 3.05) is 46.8 Å². The van der Waals surface area contributed by atoms with Gasteiger partial charge in [0.15, 0.2) is 0 Å². The van der Waals surface area contributed by atoms with Crippen LogP contribution in [0.4, 0.5) is 0 Å². The van der Waals surface area contributed by atoms with Crippen molar-refractivity contribution < 1.29 is 9.59 Å².